The third kappa shape index (κ3) is 6.59. The Morgan fingerprint density at radius 2 is 2.03 bits per heavy atom. The van der Waals surface area contributed by atoms with E-state index in [0.717, 1.165) is 21.3 Å². The highest BCUT2D eigenvalue weighted by Gasteiger charge is 2.38. The van der Waals surface area contributed by atoms with E-state index in [1.54, 1.807) is 24.3 Å². The van der Waals surface area contributed by atoms with Crippen molar-refractivity contribution in [1.82, 2.24) is 14.9 Å². The topological polar surface area (TPSA) is 125 Å². The summed E-state index contributed by atoms with van der Waals surface area (Å²) in [7, 11) is 1.71. The summed E-state index contributed by atoms with van der Waals surface area (Å²) in [4.78, 5) is 29.9. The smallest absolute Gasteiger partial charge is 0.475 e. The van der Waals surface area contributed by atoms with Crippen LogP contribution < -0.4 is 5.73 Å². The lowest BCUT2D eigenvalue weighted by molar-refractivity contribution is -0.192. The number of imidazole rings is 1. The van der Waals surface area contributed by atoms with Gasteiger partial charge < -0.3 is 25.1 Å². The van der Waals surface area contributed by atoms with E-state index in [1.165, 1.54) is 0 Å². The molecule has 1 amide bonds. The Labute approximate surface area is 177 Å². The third-order valence-electron chi connectivity index (χ3n) is 3.83. The van der Waals surface area contributed by atoms with E-state index in [4.69, 9.17) is 20.1 Å². The van der Waals surface area contributed by atoms with Crippen LogP contribution in [0.1, 0.15) is 11.6 Å². The monoisotopic (exact) mass is 490 g/mol. The Balaban J connectivity index is 0.000000396. The Hall–Kier alpha value is -2.86. The molecule has 2 heterocycles. The predicted octanol–water partition coefficient (Wildman–Crippen LogP) is 3.08. The summed E-state index contributed by atoms with van der Waals surface area (Å²) >= 11 is 3.43. The quantitative estimate of drug-likeness (QED) is 0.504. The first kappa shape index (κ1) is 23.4. The molecule has 4 N–H and O–H groups in total. The maximum Gasteiger partial charge on any atom is 0.490 e. The largest absolute Gasteiger partial charge is 0.490 e. The number of nitrogens with two attached hydrogens (primary N) is 1. The van der Waals surface area contributed by atoms with Crippen LogP contribution in [0.15, 0.2) is 45.5 Å². The SMILES string of the molecule is CN(Cc1ncc[nH]1)C(=O)C(N)Cc1cc2cc(Br)ccc2o1.O=C(O)C(F)(F)F. The van der Waals surface area contributed by atoms with E-state index < -0.39 is 18.2 Å². The number of carboxylic acids is 1. The van der Waals surface area contributed by atoms with Crippen LogP contribution in [0.2, 0.25) is 0 Å². The number of nitrogens with zero attached hydrogens (tertiary/aromatic N) is 2. The molecule has 8 nitrogen and oxygen atoms in total. The number of likely N-dealkylation sites (N-methyl/N-ethyl adjacent to an activating group) is 1. The fourth-order valence-electron chi connectivity index (χ4n) is 2.44. The van der Waals surface area contributed by atoms with Gasteiger partial charge in [-0.3, -0.25) is 4.79 Å². The first-order valence-corrected chi connectivity index (χ1v) is 9.23. The van der Waals surface area contributed by atoms with Gasteiger partial charge in [0.2, 0.25) is 5.91 Å². The molecule has 3 rings (SSSR count). The van der Waals surface area contributed by atoms with Crippen molar-refractivity contribution < 1.29 is 32.3 Å². The van der Waals surface area contributed by atoms with Crippen molar-refractivity contribution in [3.63, 3.8) is 0 Å². The summed E-state index contributed by atoms with van der Waals surface area (Å²) in [5.41, 5.74) is 6.82. The van der Waals surface area contributed by atoms with Crippen LogP contribution in [-0.2, 0) is 22.6 Å². The zero-order chi connectivity index (χ0) is 22.5. The number of fused-ring (bicyclic) bond motifs is 1. The number of hydrogen-bond acceptors (Lipinski definition) is 5. The van der Waals surface area contributed by atoms with Crippen LogP contribution in [0.25, 0.3) is 11.0 Å². The van der Waals surface area contributed by atoms with E-state index in [9.17, 15) is 18.0 Å². The minimum atomic E-state index is -5.08. The van der Waals surface area contributed by atoms with E-state index >= 15 is 0 Å². The summed E-state index contributed by atoms with van der Waals surface area (Å²) in [6.07, 6.45) is -1.35. The summed E-state index contributed by atoms with van der Waals surface area (Å²) in [6.45, 7) is 0.395. The number of furan rings is 1. The molecule has 0 fully saturated rings. The molecule has 162 valence electrons. The molecule has 0 aliphatic heterocycles. The van der Waals surface area contributed by atoms with Crippen LogP contribution in [0, 0.1) is 0 Å². The number of aliphatic carboxylic acids is 1. The Kier molecular flexibility index (Phi) is 7.62. The van der Waals surface area contributed by atoms with Gasteiger partial charge in [-0.25, -0.2) is 9.78 Å². The Bertz CT molecular complexity index is 1000. The minimum absolute atomic E-state index is 0.150. The number of alkyl halides is 3. The average molecular weight is 491 g/mol. The highest BCUT2D eigenvalue weighted by Crippen LogP contribution is 2.24. The molecule has 0 bridgehead atoms. The average Bonchev–Trinajstić information content (AvgIpc) is 3.29. The highest BCUT2D eigenvalue weighted by molar-refractivity contribution is 9.10. The van der Waals surface area contributed by atoms with Gasteiger partial charge in [0, 0.05) is 35.7 Å². The van der Waals surface area contributed by atoms with Gasteiger partial charge in [0.15, 0.2) is 0 Å². The summed E-state index contributed by atoms with van der Waals surface area (Å²) in [5, 5.41) is 8.11. The summed E-state index contributed by atoms with van der Waals surface area (Å²) in [5.74, 6) is -1.48. The van der Waals surface area contributed by atoms with Gasteiger partial charge in [-0.2, -0.15) is 13.2 Å². The second-order valence-corrected chi connectivity index (χ2v) is 7.15. The minimum Gasteiger partial charge on any atom is -0.475 e. The number of hydrogen-bond donors (Lipinski definition) is 3. The number of rotatable bonds is 5. The van der Waals surface area contributed by atoms with E-state index in [-0.39, 0.29) is 5.91 Å². The molecule has 12 heteroatoms. The lowest BCUT2D eigenvalue weighted by Gasteiger charge is -2.19. The van der Waals surface area contributed by atoms with Crippen LogP contribution >= 0.6 is 15.9 Å². The second kappa shape index (κ2) is 9.76. The number of aromatic nitrogens is 2. The zero-order valence-electron chi connectivity index (χ0n) is 15.6. The van der Waals surface area contributed by atoms with E-state index in [2.05, 4.69) is 25.9 Å². The maximum absolute atomic E-state index is 12.4. The van der Waals surface area contributed by atoms with Crippen LogP contribution in [0.3, 0.4) is 0 Å². The molecule has 2 aromatic heterocycles. The first-order chi connectivity index (χ1) is 14.0. The number of carboxylic acid groups (broad SMARTS) is 1. The van der Waals surface area contributed by atoms with Crippen LogP contribution in [0.4, 0.5) is 13.2 Å². The first-order valence-electron chi connectivity index (χ1n) is 8.44. The molecule has 1 unspecified atom stereocenters. The fraction of sp³-hybridized carbons (Fsp3) is 0.278. The molecule has 0 radical (unpaired) electrons. The molecule has 3 aromatic rings. The predicted molar refractivity (Wildman–Crippen MR) is 104 cm³/mol. The van der Waals surface area contributed by atoms with Crippen molar-refractivity contribution in [3.8, 4) is 0 Å². The molecule has 0 saturated carbocycles. The molecule has 30 heavy (non-hydrogen) atoms. The molecule has 0 saturated heterocycles. The van der Waals surface area contributed by atoms with Crippen molar-refractivity contribution in [2.45, 2.75) is 25.2 Å². The zero-order valence-corrected chi connectivity index (χ0v) is 17.2. The molecule has 0 aliphatic carbocycles. The number of carbonyl (C=O) groups is 2. The Morgan fingerprint density at radius 1 is 1.37 bits per heavy atom. The van der Waals surface area contributed by atoms with Gasteiger partial charge in [0.1, 0.15) is 17.2 Å². The van der Waals surface area contributed by atoms with Crippen molar-refractivity contribution in [3.05, 3.63) is 52.7 Å². The van der Waals surface area contributed by atoms with Crippen molar-refractivity contribution in [2.24, 2.45) is 5.73 Å². The summed E-state index contributed by atoms with van der Waals surface area (Å²) < 4.78 is 38.5. The number of amides is 1. The van der Waals surface area contributed by atoms with Gasteiger partial charge in [0.25, 0.3) is 0 Å². The number of nitrogens with one attached hydrogen (secondary N) is 1. The van der Waals surface area contributed by atoms with Gasteiger partial charge >= 0.3 is 12.1 Å². The lowest BCUT2D eigenvalue weighted by Crippen LogP contribution is -2.42. The van der Waals surface area contributed by atoms with Crippen molar-refractivity contribution in [1.29, 1.82) is 0 Å². The third-order valence-corrected chi connectivity index (χ3v) is 4.32. The van der Waals surface area contributed by atoms with Crippen LogP contribution in [0.5, 0.6) is 0 Å². The van der Waals surface area contributed by atoms with Gasteiger partial charge in [-0.05, 0) is 24.3 Å². The summed E-state index contributed by atoms with van der Waals surface area (Å²) in [6, 6.07) is 7.04. The normalized spacial score (nSPS) is 12.2. The molecule has 1 aromatic carbocycles. The molecule has 0 spiro atoms. The molecular formula is C18H18BrF3N4O4. The number of H-pyrrole nitrogens is 1. The van der Waals surface area contributed by atoms with Crippen molar-refractivity contribution >= 4 is 38.8 Å². The van der Waals surface area contributed by atoms with E-state index in [1.807, 2.05) is 24.3 Å². The lowest BCUT2D eigenvalue weighted by atomic mass is 10.1. The highest BCUT2D eigenvalue weighted by atomic mass is 79.9. The van der Waals surface area contributed by atoms with Crippen molar-refractivity contribution in [2.75, 3.05) is 7.05 Å². The number of carbonyl (C=O) groups excluding carboxylic acids is 1. The number of halogens is 4. The number of benzene rings is 1. The second-order valence-electron chi connectivity index (χ2n) is 6.24. The maximum atomic E-state index is 12.4. The standard InChI is InChI=1S/C16H17BrN4O2.C2HF3O2/c1-21(9-15-19-4-5-20-15)16(22)13(18)8-12-7-10-6-11(17)2-3-14(10)23-12;3-2(4,5)1(6)7/h2-7,13H,8-9,18H2,1H3,(H,19,20);(H,6,7). The van der Waals surface area contributed by atoms with Crippen LogP contribution in [-0.4, -0.2) is 51.1 Å². The Morgan fingerprint density at radius 3 is 2.60 bits per heavy atom. The molecule has 0 aliphatic rings. The fourth-order valence-corrected chi connectivity index (χ4v) is 2.82. The van der Waals surface area contributed by atoms with E-state index in [0.29, 0.717) is 18.7 Å². The van der Waals surface area contributed by atoms with Gasteiger partial charge in [-0.15, -0.1) is 0 Å². The van der Waals surface area contributed by atoms with Gasteiger partial charge in [-0.1, -0.05) is 15.9 Å². The number of aromatic amines is 1. The molecular weight excluding hydrogens is 473 g/mol. The van der Waals surface area contributed by atoms with Gasteiger partial charge in [0.05, 0.1) is 12.6 Å². The molecule has 1 atom stereocenters.